The van der Waals surface area contributed by atoms with E-state index in [0.717, 1.165) is 6.54 Å². The molecule has 1 heterocycles. The molecular weight excluding hydrogens is 156 g/mol. The maximum Gasteiger partial charge on any atom is 0.223 e. The van der Waals surface area contributed by atoms with Gasteiger partial charge in [-0.3, -0.25) is 0 Å². The lowest BCUT2D eigenvalue weighted by Crippen LogP contribution is -2.26. The fourth-order valence-electron chi connectivity index (χ4n) is 0.941. The van der Waals surface area contributed by atoms with E-state index in [2.05, 4.69) is 10.1 Å². The van der Waals surface area contributed by atoms with Gasteiger partial charge in [0.2, 0.25) is 5.89 Å². The standard InChI is InChI=1S/C7H14N4O/c1-5-9-7(10-12-5)6(8)4-11(2)3/h6H,4,8H2,1-3H3. The van der Waals surface area contributed by atoms with E-state index < -0.39 is 0 Å². The molecule has 0 radical (unpaired) electrons. The normalized spacial score (nSPS) is 13.8. The second-order valence-electron chi connectivity index (χ2n) is 3.04. The van der Waals surface area contributed by atoms with Crippen molar-refractivity contribution in [2.24, 2.45) is 5.73 Å². The Hall–Kier alpha value is -0.940. The highest BCUT2D eigenvalue weighted by Crippen LogP contribution is 2.05. The smallest absolute Gasteiger partial charge is 0.223 e. The maximum absolute atomic E-state index is 5.78. The van der Waals surface area contributed by atoms with Crippen LogP contribution in [0, 0.1) is 6.92 Å². The van der Waals surface area contributed by atoms with Crippen molar-refractivity contribution < 1.29 is 4.52 Å². The van der Waals surface area contributed by atoms with Crippen LogP contribution in [0.5, 0.6) is 0 Å². The van der Waals surface area contributed by atoms with Gasteiger partial charge in [0.25, 0.3) is 0 Å². The van der Waals surface area contributed by atoms with E-state index >= 15 is 0 Å². The van der Waals surface area contributed by atoms with Crippen LogP contribution in [0.15, 0.2) is 4.52 Å². The molecule has 0 aliphatic heterocycles. The third-order valence-corrected chi connectivity index (χ3v) is 1.44. The number of nitrogens with two attached hydrogens (primary N) is 1. The van der Waals surface area contributed by atoms with Gasteiger partial charge in [-0.1, -0.05) is 5.16 Å². The van der Waals surface area contributed by atoms with E-state index in [1.807, 2.05) is 19.0 Å². The minimum absolute atomic E-state index is 0.169. The molecule has 1 rings (SSSR count). The van der Waals surface area contributed by atoms with Crippen LogP contribution in [0.2, 0.25) is 0 Å². The molecule has 0 fully saturated rings. The number of aromatic nitrogens is 2. The Labute approximate surface area is 71.5 Å². The molecule has 1 unspecified atom stereocenters. The summed E-state index contributed by atoms with van der Waals surface area (Å²) in [4.78, 5) is 6.02. The highest BCUT2D eigenvalue weighted by atomic mass is 16.5. The molecule has 2 N–H and O–H groups in total. The number of nitrogens with zero attached hydrogens (tertiary/aromatic N) is 3. The van der Waals surface area contributed by atoms with Crippen molar-refractivity contribution in [2.75, 3.05) is 20.6 Å². The van der Waals surface area contributed by atoms with Gasteiger partial charge in [-0.15, -0.1) is 0 Å². The van der Waals surface area contributed by atoms with Gasteiger partial charge in [0, 0.05) is 13.5 Å². The Bertz CT molecular complexity index is 245. The number of hydrogen-bond donors (Lipinski definition) is 1. The highest BCUT2D eigenvalue weighted by molar-refractivity contribution is 4.92. The first-order valence-electron chi connectivity index (χ1n) is 3.80. The Morgan fingerprint density at radius 1 is 1.58 bits per heavy atom. The van der Waals surface area contributed by atoms with Crippen molar-refractivity contribution in [1.82, 2.24) is 15.0 Å². The average molecular weight is 170 g/mol. The van der Waals surface area contributed by atoms with Crippen molar-refractivity contribution in [1.29, 1.82) is 0 Å². The van der Waals surface area contributed by atoms with Crippen molar-refractivity contribution in [3.8, 4) is 0 Å². The minimum Gasteiger partial charge on any atom is -0.340 e. The zero-order valence-corrected chi connectivity index (χ0v) is 7.61. The van der Waals surface area contributed by atoms with Gasteiger partial charge < -0.3 is 15.2 Å². The van der Waals surface area contributed by atoms with Crippen molar-refractivity contribution in [2.45, 2.75) is 13.0 Å². The first-order chi connectivity index (χ1) is 5.59. The monoisotopic (exact) mass is 170 g/mol. The summed E-state index contributed by atoms with van der Waals surface area (Å²) in [6.07, 6.45) is 0. The molecule has 0 saturated heterocycles. The second kappa shape index (κ2) is 3.64. The van der Waals surface area contributed by atoms with Crippen molar-refractivity contribution in [3.05, 3.63) is 11.7 Å². The van der Waals surface area contributed by atoms with Crippen LogP contribution in [-0.4, -0.2) is 35.7 Å². The molecule has 0 saturated carbocycles. The fraction of sp³-hybridized carbons (Fsp3) is 0.714. The molecule has 0 aliphatic rings. The second-order valence-corrected chi connectivity index (χ2v) is 3.04. The Balaban J connectivity index is 2.58. The molecule has 5 nitrogen and oxygen atoms in total. The summed E-state index contributed by atoms with van der Waals surface area (Å²) in [6.45, 7) is 2.47. The van der Waals surface area contributed by atoms with Crippen LogP contribution in [0.4, 0.5) is 0 Å². The van der Waals surface area contributed by atoms with E-state index in [4.69, 9.17) is 10.3 Å². The van der Waals surface area contributed by atoms with Gasteiger partial charge in [0.15, 0.2) is 5.82 Å². The fourth-order valence-corrected chi connectivity index (χ4v) is 0.941. The predicted molar refractivity (Wildman–Crippen MR) is 44.5 cm³/mol. The van der Waals surface area contributed by atoms with Gasteiger partial charge >= 0.3 is 0 Å². The number of aryl methyl sites for hydroxylation is 1. The zero-order chi connectivity index (χ0) is 9.14. The molecule has 0 amide bonds. The van der Waals surface area contributed by atoms with E-state index in [1.165, 1.54) is 0 Å². The van der Waals surface area contributed by atoms with E-state index in [1.54, 1.807) is 6.92 Å². The maximum atomic E-state index is 5.78. The van der Waals surface area contributed by atoms with E-state index in [9.17, 15) is 0 Å². The van der Waals surface area contributed by atoms with Crippen LogP contribution < -0.4 is 5.73 Å². The SMILES string of the molecule is Cc1nc(C(N)CN(C)C)no1. The summed E-state index contributed by atoms with van der Waals surface area (Å²) >= 11 is 0. The van der Waals surface area contributed by atoms with E-state index in [-0.39, 0.29) is 6.04 Å². The van der Waals surface area contributed by atoms with Crippen molar-refractivity contribution in [3.63, 3.8) is 0 Å². The third kappa shape index (κ3) is 2.28. The number of hydrogen-bond acceptors (Lipinski definition) is 5. The van der Waals surface area contributed by atoms with Crippen LogP contribution in [0.3, 0.4) is 0 Å². The molecule has 68 valence electrons. The van der Waals surface area contributed by atoms with Gasteiger partial charge in [-0.05, 0) is 14.1 Å². The largest absolute Gasteiger partial charge is 0.340 e. The Morgan fingerprint density at radius 2 is 2.25 bits per heavy atom. The molecule has 1 aromatic rings. The van der Waals surface area contributed by atoms with E-state index in [0.29, 0.717) is 11.7 Å². The van der Waals surface area contributed by atoms with Crippen molar-refractivity contribution >= 4 is 0 Å². The average Bonchev–Trinajstić information content (AvgIpc) is 2.34. The summed E-state index contributed by atoms with van der Waals surface area (Å²) in [5.41, 5.74) is 5.78. The molecule has 0 spiro atoms. The molecule has 0 aliphatic carbocycles. The third-order valence-electron chi connectivity index (χ3n) is 1.44. The summed E-state index contributed by atoms with van der Waals surface area (Å²) in [6, 6.07) is -0.169. The Morgan fingerprint density at radius 3 is 2.67 bits per heavy atom. The number of likely N-dealkylation sites (N-methyl/N-ethyl adjacent to an activating group) is 1. The van der Waals surface area contributed by atoms with Crippen LogP contribution in [-0.2, 0) is 0 Å². The van der Waals surface area contributed by atoms with Gasteiger partial charge in [0.1, 0.15) is 0 Å². The lowest BCUT2D eigenvalue weighted by molar-refractivity contribution is 0.350. The first-order valence-corrected chi connectivity index (χ1v) is 3.80. The summed E-state index contributed by atoms with van der Waals surface area (Å²) in [5, 5.41) is 3.73. The topological polar surface area (TPSA) is 68.2 Å². The van der Waals surface area contributed by atoms with Crippen LogP contribution >= 0.6 is 0 Å². The molecule has 1 aromatic heterocycles. The highest BCUT2D eigenvalue weighted by Gasteiger charge is 2.12. The van der Waals surface area contributed by atoms with Crippen LogP contribution in [0.25, 0.3) is 0 Å². The molecule has 0 aromatic carbocycles. The lowest BCUT2D eigenvalue weighted by Gasteiger charge is -2.12. The van der Waals surface area contributed by atoms with Gasteiger partial charge in [-0.25, -0.2) is 0 Å². The summed E-state index contributed by atoms with van der Waals surface area (Å²) < 4.78 is 4.81. The minimum atomic E-state index is -0.169. The molecule has 1 atom stereocenters. The van der Waals surface area contributed by atoms with Gasteiger partial charge in [0.05, 0.1) is 6.04 Å². The first kappa shape index (κ1) is 9.15. The summed E-state index contributed by atoms with van der Waals surface area (Å²) in [7, 11) is 3.90. The molecule has 12 heavy (non-hydrogen) atoms. The van der Waals surface area contributed by atoms with Gasteiger partial charge in [-0.2, -0.15) is 4.98 Å². The Kier molecular flexibility index (Phi) is 2.78. The molecule has 0 bridgehead atoms. The molecule has 5 heteroatoms. The predicted octanol–water partition coefficient (Wildman–Crippen LogP) is -0.0606. The van der Waals surface area contributed by atoms with Crippen LogP contribution in [0.1, 0.15) is 17.8 Å². The number of rotatable bonds is 3. The molecular formula is C7H14N4O. The summed E-state index contributed by atoms with van der Waals surface area (Å²) in [5.74, 6) is 1.13. The quantitative estimate of drug-likeness (QED) is 0.688. The lowest BCUT2D eigenvalue weighted by atomic mass is 10.3. The zero-order valence-electron chi connectivity index (χ0n) is 7.61.